The predicted molar refractivity (Wildman–Crippen MR) is 38.2 cm³/mol. The largest absolute Gasteiger partial charge is 0.420 e. The Bertz CT molecular complexity index is 135. The topological polar surface area (TPSA) is 47.9 Å². The zero-order chi connectivity index (χ0) is 9.94. The summed E-state index contributed by atoms with van der Waals surface area (Å²) in [4.78, 5) is 0. The van der Waals surface area contributed by atoms with Crippen LogP contribution in [-0.4, -0.2) is 23.4 Å². The van der Waals surface area contributed by atoms with Gasteiger partial charge in [-0.25, -0.2) is 0 Å². The number of rotatable bonds is 3. The van der Waals surface area contributed by atoms with Crippen LogP contribution in [0.5, 0.6) is 0 Å². The van der Waals surface area contributed by atoms with Crippen molar-refractivity contribution < 1.29 is 24.0 Å². The van der Waals surface area contributed by atoms with E-state index in [4.69, 9.17) is 5.11 Å². The molecule has 0 rings (SSSR count). The van der Waals surface area contributed by atoms with Gasteiger partial charge in [-0.1, -0.05) is 13.8 Å². The molecule has 0 heterocycles. The lowest BCUT2D eigenvalue weighted by Crippen LogP contribution is -2.69. The molecule has 5 heteroatoms. The Morgan fingerprint density at radius 3 is 2.00 bits per heavy atom. The van der Waals surface area contributed by atoms with Gasteiger partial charge < -0.3 is 10.8 Å². The highest BCUT2D eigenvalue weighted by Gasteiger charge is 2.44. The van der Waals surface area contributed by atoms with Gasteiger partial charge in [0.25, 0.3) is 0 Å². The quantitative estimate of drug-likeness (QED) is 0.665. The SMILES string of the molecule is CC(C)C[C@H]([NH3+])[C@H](O)C(F)(F)F. The van der Waals surface area contributed by atoms with Crippen LogP contribution < -0.4 is 5.73 Å². The third kappa shape index (κ3) is 3.92. The second kappa shape index (κ2) is 4.09. The van der Waals surface area contributed by atoms with E-state index in [1.807, 2.05) is 0 Å². The molecular weight excluding hydrogens is 171 g/mol. The van der Waals surface area contributed by atoms with Crippen molar-refractivity contribution in [3.63, 3.8) is 0 Å². The van der Waals surface area contributed by atoms with Crippen molar-refractivity contribution in [1.82, 2.24) is 0 Å². The van der Waals surface area contributed by atoms with E-state index in [9.17, 15) is 13.2 Å². The summed E-state index contributed by atoms with van der Waals surface area (Å²) < 4.78 is 35.6. The maximum absolute atomic E-state index is 11.9. The molecule has 0 aromatic heterocycles. The zero-order valence-electron chi connectivity index (χ0n) is 7.23. The third-order valence-electron chi connectivity index (χ3n) is 1.56. The van der Waals surface area contributed by atoms with Gasteiger partial charge >= 0.3 is 6.18 Å². The Morgan fingerprint density at radius 1 is 1.33 bits per heavy atom. The Balaban J connectivity index is 4.01. The number of alkyl halides is 3. The highest BCUT2D eigenvalue weighted by atomic mass is 19.4. The fourth-order valence-corrected chi connectivity index (χ4v) is 1.00. The predicted octanol–water partition coefficient (Wildman–Crippen LogP) is 0.566. The molecule has 2 atom stereocenters. The lowest BCUT2D eigenvalue weighted by Gasteiger charge is -2.19. The second-order valence-corrected chi connectivity index (χ2v) is 3.38. The molecular formula is C7H15F3NO+. The maximum atomic E-state index is 11.9. The molecule has 0 bridgehead atoms. The molecule has 0 saturated heterocycles. The van der Waals surface area contributed by atoms with Gasteiger partial charge in [-0.3, -0.25) is 0 Å². The number of halogens is 3. The Morgan fingerprint density at radius 2 is 1.75 bits per heavy atom. The molecule has 0 saturated carbocycles. The first-order valence-electron chi connectivity index (χ1n) is 3.83. The molecule has 0 aromatic rings. The van der Waals surface area contributed by atoms with Gasteiger partial charge in [0.2, 0.25) is 6.10 Å². The van der Waals surface area contributed by atoms with Crippen molar-refractivity contribution >= 4 is 0 Å². The monoisotopic (exact) mass is 186 g/mol. The van der Waals surface area contributed by atoms with E-state index in [0.29, 0.717) is 0 Å². The first kappa shape index (κ1) is 11.7. The summed E-state index contributed by atoms with van der Waals surface area (Å²) in [6.45, 7) is 3.59. The van der Waals surface area contributed by atoms with Crippen LogP contribution in [0.2, 0.25) is 0 Å². The number of quaternary nitrogens is 1. The van der Waals surface area contributed by atoms with Crippen LogP contribution in [0.25, 0.3) is 0 Å². The van der Waals surface area contributed by atoms with Crippen LogP contribution in [0.4, 0.5) is 13.2 Å². The van der Waals surface area contributed by atoms with Crippen molar-refractivity contribution in [2.45, 2.75) is 38.6 Å². The van der Waals surface area contributed by atoms with E-state index in [1.165, 1.54) is 0 Å². The van der Waals surface area contributed by atoms with Gasteiger partial charge in [0, 0.05) is 6.42 Å². The van der Waals surface area contributed by atoms with Gasteiger partial charge in [0.1, 0.15) is 6.04 Å². The van der Waals surface area contributed by atoms with Gasteiger partial charge in [0.05, 0.1) is 0 Å². The molecule has 12 heavy (non-hydrogen) atoms. The summed E-state index contributed by atoms with van der Waals surface area (Å²) in [5.74, 6) is 0.115. The average Bonchev–Trinajstić information content (AvgIpc) is 1.82. The molecule has 0 aliphatic carbocycles. The van der Waals surface area contributed by atoms with E-state index >= 15 is 0 Å². The lowest BCUT2D eigenvalue weighted by atomic mass is 10.00. The smallest absolute Gasteiger partial charge is 0.379 e. The van der Waals surface area contributed by atoms with E-state index in [-0.39, 0.29) is 12.3 Å². The first-order chi connectivity index (χ1) is 5.25. The van der Waals surface area contributed by atoms with Crippen LogP contribution in [0.15, 0.2) is 0 Å². The molecule has 0 fully saturated rings. The first-order valence-corrected chi connectivity index (χ1v) is 3.83. The molecule has 0 unspecified atom stereocenters. The second-order valence-electron chi connectivity index (χ2n) is 3.38. The normalized spacial score (nSPS) is 18.0. The summed E-state index contributed by atoms with van der Waals surface area (Å²) in [7, 11) is 0. The molecule has 0 radical (unpaired) electrons. The van der Waals surface area contributed by atoms with Crippen LogP contribution in [0.3, 0.4) is 0 Å². The highest BCUT2D eigenvalue weighted by Crippen LogP contribution is 2.23. The number of aliphatic hydroxyl groups is 1. The molecule has 2 nitrogen and oxygen atoms in total. The van der Waals surface area contributed by atoms with Crippen molar-refractivity contribution in [2.24, 2.45) is 5.92 Å². The summed E-state index contributed by atoms with van der Waals surface area (Å²) in [5, 5.41) is 8.72. The van der Waals surface area contributed by atoms with Crippen molar-refractivity contribution in [3.05, 3.63) is 0 Å². The standard InChI is InChI=1S/C7H14F3NO/c1-4(2)3-5(11)6(12)7(8,9)10/h4-6,12H,3,11H2,1-2H3/p+1/t5-,6-/m0/s1. The minimum Gasteiger partial charge on any atom is -0.379 e. The molecule has 4 N–H and O–H groups in total. The zero-order valence-corrected chi connectivity index (χ0v) is 7.23. The summed E-state index contributed by atoms with van der Waals surface area (Å²) in [5.41, 5.74) is 3.27. The van der Waals surface area contributed by atoms with Gasteiger partial charge in [0.15, 0.2) is 0 Å². The van der Waals surface area contributed by atoms with Gasteiger partial charge in [-0.2, -0.15) is 13.2 Å². The summed E-state index contributed by atoms with van der Waals surface area (Å²) in [6.07, 6.45) is -6.55. The lowest BCUT2D eigenvalue weighted by molar-refractivity contribution is -0.458. The van der Waals surface area contributed by atoms with Crippen molar-refractivity contribution in [2.75, 3.05) is 0 Å². The number of hydrogen-bond donors (Lipinski definition) is 2. The minimum absolute atomic E-state index is 0.115. The van der Waals surface area contributed by atoms with Crippen LogP contribution in [0, 0.1) is 5.92 Å². The van der Waals surface area contributed by atoms with E-state index in [0.717, 1.165) is 0 Å². The fraction of sp³-hybridized carbons (Fsp3) is 1.00. The molecule has 0 aromatic carbocycles. The molecule has 0 spiro atoms. The Kier molecular flexibility index (Phi) is 3.99. The minimum atomic E-state index is -4.54. The summed E-state index contributed by atoms with van der Waals surface area (Å²) in [6, 6.07) is -0.968. The highest BCUT2D eigenvalue weighted by molar-refractivity contribution is 4.73. The fourth-order valence-electron chi connectivity index (χ4n) is 1.00. The van der Waals surface area contributed by atoms with Crippen LogP contribution in [-0.2, 0) is 0 Å². The number of hydrogen-bond acceptors (Lipinski definition) is 1. The maximum Gasteiger partial charge on any atom is 0.420 e. The van der Waals surface area contributed by atoms with Crippen molar-refractivity contribution in [3.8, 4) is 0 Å². The van der Waals surface area contributed by atoms with E-state index in [1.54, 1.807) is 13.8 Å². The summed E-state index contributed by atoms with van der Waals surface area (Å²) >= 11 is 0. The number of aliphatic hydroxyl groups excluding tert-OH is 1. The average molecular weight is 186 g/mol. The Labute approximate surface area is 69.6 Å². The van der Waals surface area contributed by atoms with E-state index in [2.05, 4.69) is 5.73 Å². The van der Waals surface area contributed by atoms with E-state index < -0.39 is 18.3 Å². The molecule has 0 aliphatic rings. The van der Waals surface area contributed by atoms with Crippen molar-refractivity contribution in [1.29, 1.82) is 0 Å². The van der Waals surface area contributed by atoms with Crippen LogP contribution >= 0.6 is 0 Å². The molecule has 0 aliphatic heterocycles. The van der Waals surface area contributed by atoms with Gasteiger partial charge in [-0.15, -0.1) is 0 Å². The van der Waals surface area contributed by atoms with Gasteiger partial charge in [-0.05, 0) is 5.92 Å². The molecule has 74 valence electrons. The third-order valence-corrected chi connectivity index (χ3v) is 1.56. The molecule has 0 amide bonds. The Hall–Kier alpha value is -0.290. The van der Waals surface area contributed by atoms with Crippen LogP contribution in [0.1, 0.15) is 20.3 Å².